The average Bonchev–Trinajstić information content (AvgIpc) is 3.07. The molecular weight excluding hydrogens is 454 g/mol. The van der Waals surface area contributed by atoms with Gasteiger partial charge < -0.3 is 10.1 Å². The van der Waals surface area contributed by atoms with Crippen molar-refractivity contribution in [2.75, 3.05) is 25.1 Å². The van der Waals surface area contributed by atoms with Crippen LogP contribution in [0.3, 0.4) is 0 Å². The number of nitrogens with zero attached hydrogens (tertiary/aromatic N) is 2. The molecular formula is C22H22ClN3O5S. The first-order valence-corrected chi connectivity index (χ1v) is 11.9. The Labute approximate surface area is 191 Å². The molecule has 4 rings (SSSR count). The maximum atomic E-state index is 12.9. The van der Waals surface area contributed by atoms with Crippen molar-refractivity contribution in [3.05, 3.63) is 65.3 Å². The van der Waals surface area contributed by atoms with Gasteiger partial charge in [0.15, 0.2) is 0 Å². The molecule has 2 heterocycles. The minimum Gasteiger partial charge on any atom is -0.497 e. The molecule has 0 aliphatic carbocycles. The number of sulfonamides is 1. The number of nitrogens with one attached hydrogen (secondary N) is 1. The van der Waals surface area contributed by atoms with Gasteiger partial charge in [-0.25, -0.2) is 13.3 Å². The zero-order valence-corrected chi connectivity index (χ0v) is 18.9. The monoisotopic (exact) mass is 475 g/mol. The van der Waals surface area contributed by atoms with E-state index in [0.29, 0.717) is 42.4 Å². The Bertz CT molecular complexity index is 1160. The second-order valence-electron chi connectivity index (χ2n) is 7.51. The van der Waals surface area contributed by atoms with Gasteiger partial charge in [-0.15, -0.1) is 0 Å². The number of amides is 2. The highest BCUT2D eigenvalue weighted by molar-refractivity contribution is 7.89. The van der Waals surface area contributed by atoms with E-state index >= 15 is 0 Å². The zero-order chi connectivity index (χ0) is 22.9. The van der Waals surface area contributed by atoms with Crippen LogP contribution in [0, 0.1) is 0 Å². The third-order valence-electron chi connectivity index (χ3n) is 5.52. The second kappa shape index (κ2) is 8.93. The lowest BCUT2D eigenvalue weighted by Crippen LogP contribution is -2.45. The number of hydrogen-bond donors (Lipinski definition) is 1. The summed E-state index contributed by atoms with van der Waals surface area (Å²) in [6.45, 7) is 0.616. The molecule has 2 aromatic carbocycles. The van der Waals surface area contributed by atoms with Gasteiger partial charge in [-0.1, -0.05) is 11.6 Å². The topological polar surface area (TPSA) is 96.0 Å². The Morgan fingerprint density at radius 3 is 2.22 bits per heavy atom. The molecule has 1 N–H and O–H groups in total. The molecule has 1 saturated heterocycles. The van der Waals surface area contributed by atoms with Gasteiger partial charge in [0.25, 0.3) is 11.8 Å². The van der Waals surface area contributed by atoms with Crippen molar-refractivity contribution in [1.82, 2.24) is 9.62 Å². The Kier molecular flexibility index (Phi) is 6.23. The van der Waals surface area contributed by atoms with Gasteiger partial charge in [-0.3, -0.25) is 9.59 Å². The largest absolute Gasteiger partial charge is 0.497 e. The smallest absolute Gasteiger partial charge is 0.281 e. The summed E-state index contributed by atoms with van der Waals surface area (Å²) < 4.78 is 32.3. The van der Waals surface area contributed by atoms with Crippen molar-refractivity contribution in [3.8, 4) is 5.75 Å². The molecule has 10 heteroatoms. The standard InChI is InChI=1S/C22H22ClN3O5S/c1-31-18-6-8-19(9-7-18)32(29,30)25-12-10-16(11-13-25)24-20-14-21(27)26(22(20)28)17-4-2-15(23)3-5-17/h2-9,14,16,24H,10-13H2,1H3. The molecule has 0 unspecified atom stereocenters. The Morgan fingerprint density at radius 2 is 1.62 bits per heavy atom. The van der Waals surface area contributed by atoms with Gasteiger partial charge in [0.1, 0.15) is 11.4 Å². The minimum atomic E-state index is -3.61. The molecule has 168 valence electrons. The van der Waals surface area contributed by atoms with Crippen LogP contribution in [0.4, 0.5) is 5.69 Å². The van der Waals surface area contributed by atoms with E-state index in [1.807, 2.05) is 0 Å². The van der Waals surface area contributed by atoms with Crippen molar-refractivity contribution >= 4 is 39.1 Å². The summed E-state index contributed by atoms with van der Waals surface area (Å²) in [7, 11) is -2.09. The van der Waals surface area contributed by atoms with E-state index in [1.165, 1.54) is 29.6 Å². The fourth-order valence-corrected chi connectivity index (χ4v) is 5.36. The lowest BCUT2D eigenvalue weighted by atomic mass is 10.1. The summed E-state index contributed by atoms with van der Waals surface area (Å²) in [5.41, 5.74) is 0.652. The molecule has 2 aliphatic heterocycles. The summed E-state index contributed by atoms with van der Waals surface area (Å²) in [4.78, 5) is 26.4. The highest BCUT2D eigenvalue weighted by atomic mass is 35.5. The van der Waals surface area contributed by atoms with E-state index in [2.05, 4.69) is 5.32 Å². The summed E-state index contributed by atoms with van der Waals surface area (Å²) in [5.74, 6) is -0.284. The molecule has 2 amide bonds. The maximum absolute atomic E-state index is 12.9. The fraction of sp³-hybridized carbons (Fsp3) is 0.273. The molecule has 0 aromatic heterocycles. The SMILES string of the molecule is COc1ccc(S(=O)(=O)N2CCC(NC3=CC(=O)N(c4ccc(Cl)cc4)C3=O)CC2)cc1. The van der Waals surface area contributed by atoms with Crippen LogP contribution in [-0.4, -0.2) is 50.8 Å². The highest BCUT2D eigenvalue weighted by Crippen LogP contribution is 2.26. The van der Waals surface area contributed by atoms with Gasteiger partial charge in [0, 0.05) is 30.2 Å². The number of benzene rings is 2. The summed E-state index contributed by atoms with van der Waals surface area (Å²) >= 11 is 5.88. The van der Waals surface area contributed by atoms with Crippen molar-refractivity contribution in [2.24, 2.45) is 0 Å². The van der Waals surface area contributed by atoms with Gasteiger partial charge in [0.2, 0.25) is 10.0 Å². The van der Waals surface area contributed by atoms with E-state index in [9.17, 15) is 18.0 Å². The predicted molar refractivity (Wildman–Crippen MR) is 120 cm³/mol. The third-order valence-corrected chi connectivity index (χ3v) is 7.68. The van der Waals surface area contributed by atoms with Crippen LogP contribution in [0.1, 0.15) is 12.8 Å². The maximum Gasteiger partial charge on any atom is 0.281 e. The van der Waals surface area contributed by atoms with Crippen molar-refractivity contribution < 1.29 is 22.7 Å². The van der Waals surface area contributed by atoms with E-state index in [0.717, 1.165) is 4.90 Å². The molecule has 1 fully saturated rings. The number of carbonyl (C=O) groups is 2. The number of rotatable bonds is 6. The second-order valence-corrected chi connectivity index (χ2v) is 9.89. The van der Waals surface area contributed by atoms with Crippen LogP contribution in [-0.2, 0) is 19.6 Å². The van der Waals surface area contributed by atoms with Gasteiger partial charge in [-0.05, 0) is 61.4 Å². The molecule has 0 saturated carbocycles. The normalized spacial score (nSPS) is 18.1. The number of piperidine rings is 1. The Morgan fingerprint density at radius 1 is 1.00 bits per heavy atom. The number of ether oxygens (including phenoxy) is 1. The number of imide groups is 1. The number of carbonyl (C=O) groups excluding carboxylic acids is 2. The first kappa shape index (κ1) is 22.3. The Hall–Kier alpha value is -2.88. The number of anilines is 1. The molecule has 0 spiro atoms. The quantitative estimate of drug-likeness (QED) is 0.645. The first-order chi connectivity index (χ1) is 15.3. The van der Waals surface area contributed by atoms with Crippen molar-refractivity contribution in [2.45, 2.75) is 23.8 Å². The molecule has 2 aliphatic rings. The number of halogens is 1. The molecule has 0 atom stereocenters. The third kappa shape index (κ3) is 4.36. The molecule has 2 aromatic rings. The lowest BCUT2D eigenvalue weighted by molar-refractivity contribution is -0.120. The van der Waals surface area contributed by atoms with Crippen LogP contribution in [0.15, 0.2) is 65.2 Å². The van der Waals surface area contributed by atoms with Crippen molar-refractivity contribution in [3.63, 3.8) is 0 Å². The molecule has 32 heavy (non-hydrogen) atoms. The highest BCUT2D eigenvalue weighted by Gasteiger charge is 2.35. The molecule has 8 nitrogen and oxygen atoms in total. The Balaban J connectivity index is 1.37. The van der Waals surface area contributed by atoms with Crippen LogP contribution >= 0.6 is 11.6 Å². The van der Waals surface area contributed by atoms with E-state index < -0.39 is 21.8 Å². The van der Waals surface area contributed by atoms with Gasteiger partial charge >= 0.3 is 0 Å². The number of hydrogen-bond acceptors (Lipinski definition) is 6. The predicted octanol–water partition coefficient (Wildman–Crippen LogP) is 2.55. The van der Waals surface area contributed by atoms with E-state index in [4.69, 9.17) is 16.3 Å². The van der Waals surface area contributed by atoms with Crippen LogP contribution < -0.4 is 15.0 Å². The lowest BCUT2D eigenvalue weighted by Gasteiger charge is -2.32. The first-order valence-electron chi connectivity index (χ1n) is 10.1. The van der Waals surface area contributed by atoms with Crippen LogP contribution in [0.5, 0.6) is 5.75 Å². The molecule has 0 bridgehead atoms. The van der Waals surface area contributed by atoms with E-state index in [-0.39, 0.29) is 16.6 Å². The molecule has 0 radical (unpaired) electrons. The summed E-state index contributed by atoms with van der Waals surface area (Å²) in [6.07, 6.45) is 2.29. The fourth-order valence-electron chi connectivity index (χ4n) is 3.77. The van der Waals surface area contributed by atoms with Crippen LogP contribution in [0.25, 0.3) is 0 Å². The van der Waals surface area contributed by atoms with E-state index in [1.54, 1.807) is 36.4 Å². The minimum absolute atomic E-state index is 0.120. The van der Waals surface area contributed by atoms with Gasteiger partial charge in [0.05, 0.1) is 17.7 Å². The number of methoxy groups -OCH3 is 1. The zero-order valence-electron chi connectivity index (χ0n) is 17.3. The van der Waals surface area contributed by atoms with Gasteiger partial charge in [-0.2, -0.15) is 4.31 Å². The summed E-state index contributed by atoms with van der Waals surface area (Å²) in [6, 6.07) is 12.6. The average molecular weight is 476 g/mol. The summed E-state index contributed by atoms with van der Waals surface area (Å²) in [5, 5.41) is 3.63. The van der Waals surface area contributed by atoms with Crippen LogP contribution in [0.2, 0.25) is 5.02 Å². The van der Waals surface area contributed by atoms with Crippen molar-refractivity contribution in [1.29, 1.82) is 0 Å².